The predicted octanol–water partition coefficient (Wildman–Crippen LogP) is 3.97. The zero-order chi connectivity index (χ0) is 13.1. The molecule has 18 heavy (non-hydrogen) atoms. The molecule has 0 aliphatic rings. The summed E-state index contributed by atoms with van der Waals surface area (Å²) in [6.07, 6.45) is 0. The van der Waals surface area contributed by atoms with E-state index in [1.807, 2.05) is 0 Å². The van der Waals surface area contributed by atoms with Crippen molar-refractivity contribution in [1.82, 2.24) is 0 Å². The Labute approximate surface area is 108 Å². The number of hydrogen-bond donors (Lipinski definition) is 1. The van der Waals surface area contributed by atoms with E-state index in [-0.39, 0.29) is 17.9 Å². The quantitative estimate of drug-likeness (QED) is 0.830. The highest BCUT2D eigenvalue weighted by atomic mass is 32.1. The minimum Gasteiger partial charge on any atom is -0.486 e. The third kappa shape index (κ3) is 2.98. The number of rotatable bonds is 3. The molecule has 2 rings (SSSR count). The van der Waals surface area contributed by atoms with Gasteiger partial charge in [0.05, 0.1) is 0 Å². The van der Waals surface area contributed by atoms with Gasteiger partial charge in [0.2, 0.25) is 0 Å². The highest BCUT2D eigenvalue weighted by Gasteiger charge is 2.07. The fourth-order valence-electron chi connectivity index (χ4n) is 1.40. The van der Waals surface area contributed by atoms with Crippen molar-refractivity contribution in [2.24, 2.45) is 0 Å². The maximum absolute atomic E-state index is 13.4. The van der Waals surface area contributed by atoms with Gasteiger partial charge < -0.3 is 4.74 Å². The van der Waals surface area contributed by atoms with Crippen LogP contribution in [0.1, 0.15) is 5.56 Å². The molecule has 0 aliphatic heterocycles. The van der Waals surface area contributed by atoms with Gasteiger partial charge >= 0.3 is 0 Å². The molecule has 0 amide bonds. The molecule has 0 aromatic heterocycles. The molecule has 0 aliphatic carbocycles. The Bertz CT molecular complexity index is 521. The second kappa shape index (κ2) is 5.35. The summed E-state index contributed by atoms with van der Waals surface area (Å²) in [5.41, 5.74) is 0.158. The molecule has 0 unspecified atom stereocenters. The van der Waals surface area contributed by atoms with Gasteiger partial charge in [-0.1, -0.05) is 0 Å². The number of thiol groups is 1. The average molecular weight is 270 g/mol. The zero-order valence-corrected chi connectivity index (χ0v) is 10.1. The third-order valence-electron chi connectivity index (χ3n) is 2.31. The molecule has 0 atom stereocenters. The summed E-state index contributed by atoms with van der Waals surface area (Å²) in [4.78, 5) is 0.466. The minimum atomic E-state index is -0.721. The van der Waals surface area contributed by atoms with Gasteiger partial charge in [0.25, 0.3) is 0 Å². The highest BCUT2D eigenvalue weighted by molar-refractivity contribution is 7.80. The van der Waals surface area contributed by atoms with Crippen molar-refractivity contribution in [3.05, 3.63) is 59.4 Å². The van der Waals surface area contributed by atoms with E-state index < -0.39 is 17.5 Å². The second-order valence-electron chi connectivity index (χ2n) is 3.64. The summed E-state index contributed by atoms with van der Waals surface area (Å²) in [6.45, 7) is -0.172. The van der Waals surface area contributed by atoms with Crippen molar-refractivity contribution in [1.29, 1.82) is 0 Å². The smallest absolute Gasteiger partial charge is 0.166 e. The Balaban J connectivity index is 2.11. The first-order valence-corrected chi connectivity index (χ1v) is 5.56. The number of ether oxygens (including phenoxy) is 1. The Kier molecular flexibility index (Phi) is 3.81. The minimum absolute atomic E-state index is 0.00322. The molecule has 0 fully saturated rings. The molecule has 1 nitrogen and oxygen atoms in total. The first-order valence-electron chi connectivity index (χ1n) is 5.11. The Morgan fingerprint density at radius 1 is 0.944 bits per heavy atom. The summed E-state index contributed by atoms with van der Waals surface area (Å²) >= 11 is 3.97. The van der Waals surface area contributed by atoms with E-state index in [4.69, 9.17) is 4.74 Å². The predicted molar refractivity (Wildman–Crippen MR) is 64.3 cm³/mol. The molecule has 0 spiro atoms. The van der Waals surface area contributed by atoms with Crippen LogP contribution in [0.15, 0.2) is 41.3 Å². The van der Waals surface area contributed by atoms with Crippen LogP contribution in [-0.4, -0.2) is 0 Å². The van der Waals surface area contributed by atoms with E-state index >= 15 is 0 Å². The van der Waals surface area contributed by atoms with Gasteiger partial charge in [0, 0.05) is 16.5 Å². The largest absolute Gasteiger partial charge is 0.486 e. The highest BCUT2D eigenvalue weighted by Crippen LogP contribution is 2.21. The van der Waals surface area contributed by atoms with E-state index in [9.17, 15) is 13.2 Å². The third-order valence-corrected chi connectivity index (χ3v) is 2.59. The number of halogens is 3. The van der Waals surface area contributed by atoms with E-state index in [1.165, 1.54) is 18.2 Å². The molecule has 0 N–H and O–H groups in total. The lowest BCUT2D eigenvalue weighted by atomic mass is 10.2. The number of benzene rings is 2. The summed E-state index contributed by atoms with van der Waals surface area (Å²) in [5, 5.41) is 0. The Hall–Kier alpha value is -1.62. The lowest BCUT2D eigenvalue weighted by molar-refractivity contribution is 0.284. The molecular weight excluding hydrogens is 261 g/mol. The van der Waals surface area contributed by atoms with Crippen LogP contribution in [0.2, 0.25) is 0 Å². The van der Waals surface area contributed by atoms with Crippen LogP contribution in [0.5, 0.6) is 5.75 Å². The molecule has 0 radical (unpaired) electrons. The first kappa shape index (κ1) is 12.8. The van der Waals surface area contributed by atoms with E-state index in [2.05, 4.69) is 12.6 Å². The molecular formula is C13H9F3OS. The van der Waals surface area contributed by atoms with Crippen molar-refractivity contribution in [2.75, 3.05) is 0 Å². The average Bonchev–Trinajstić information content (AvgIpc) is 2.30. The van der Waals surface area contributed by atoms with Gasteiger partial charge in [-0.2, -0.15) is 0 Å². The summed E-state index contributed by atoms with van der Waals surface area (Å²) in [7, 11) is 0. The van der Waals surface area contributed by atoms with Gasteiger partial charge in [-0.05, 0) is 30.3 Å². The molecule has 0 saturated heterocycles. The van der Waals surface area contributed by atoms with Crippen molar-refractivity contribution >= 4 is 12.6 Å². The van der Waals surface area contributed by atoms with Gasteiger partial charge in [-0.3, -0.25) is 0 Å². The Morgan fingerprint density at radius 3 is 2.39 bits per heavy atom. The van der Waals surface area contributed by atoms with Crippen LogP contribution in [0.25, 0.3) is 0 Å². The molecule has 0 bridgehead atoms. The molecule has 0 heterocycles. The Morgan fingerprint density at radius 2 is 1.72 bits per heavy atom. The maximum Gasteiger partial charge on any atom is 0.166 e. The second-order valence-corrected chi connectivity index (χ2v) is 4.16. The van der Waals surface area contributed by atoms with Gasteiger partial charge in [-0.15, -0.1) is 12.6 Å². The number of hydrogen-bond acceptors (Lipinski definition) is 2. The zero-order valence-electron chi connectivity index (χ0n) is 9.16. The van der Waals surface area contributed by atoms with Crippen LogP contribution in [0.3, 0.4) is 0 Å². The van der Waals surface area contributed by atoms with Crippen molar-refractivity contribution in [3.63, 3.8) is 0 Å². The molecule has 94 valence electrons. The summed E-state index contributed by atoms with van der Waals surface area (Å²) in [6, 6.07) is 7.29. The van der Waals surface area contributed by atoms with Crippen molar-refractivity contribution in [3.8, 4) is 5.75 Å². The van der Waals surface area contributed by atoms with E-state index in [1.54, 1.807) is 6.07 Å². The molecule has 0 saturated carbocycles. The van der Waals surface area contributed by atoms with Crippen LogP contribution < -0.4 is 4.74 Å². The molecule has 2 aromatic carbocycles. The van der Waals surface area contributed by atoms with Crippen LogP contribution in [0, 0.1) is 17.5 Å². The molecule has 5 heteroatoms. The van der Waals surface area contributed by atoms with E-state index in [0.717, 1.165) is 12.1 Å². The standard InChI is InChI=1S/C13H9F3OS/c14-9-2-1-8(11(15)5-9)7-17-13-4-3-10(18)6-12(13)16/h1-6,18H,7H2. The van der Waals surface area contributed by atoms with Gasteiger partial charge in [-0.25, -0.2) is 13.2 Å². The summed E-state index contributed by atoms with van der Waals surface area (Å²) in [5.74, 6) is -1.97. The topological polar surface area (TPSA) is 9.23 Å². The van der Waals surface area contributed by atoms with Gasteiger partial charge in [0.1, 0.15) is 18.2 Å². The fourth-order valence-corrected chi connectivity index (χ4v) is 1.59. The fraction of sp³-hybridized carbons (Fsp3) is 0.0769. The lowest BCUT2D eigenvalue weighted by Gasteiger charge is -2.08. The normalized spacial score (nSPS) is 10.4. The van der Waals surface area contributed by atoms with Crippen LogP contribution in [0.4, 0.5) is 13.2 Å². The maximum atomic E-state index is 13.4. The SMILES string of the molecule is Fc1ccc(COc2ccc(S)cc2F)c(F)c1. The first-order chi connectivity index (χ1) is 8.56. The van der Waals surface area contributed by atoms with Crippen LogP contribution in [-0.2, 0) is 6.61 Å². The summed E-state index contributed by atoms with van der Waals surface area (Å²) < 4.78 is 44.5. The van der Waals surface area contributed by atoms with Crippen molar-refractivity contribution in [2.45, 2.75) is 11.5 Å². The lowest BCUT2D eigenvalue weighted by Crippen LogP contribution is -2.00. The van der Waals surface area contributed by atoms with E-state index in [0.29, 0.717) is 4.90 Å². The molecule has 2 aromatic rings. The van der Waals surface area contributed by atoms with Gasteiger partial charge in [0.15, 0.2) is 11.6 Å². The van der Waals surface area contributed by atoms with Crippen molar-refractivity contribution < 1.29 is 17.9 Å². The monoisotopic (exact) mass is 270 g/mol. The van der Waals surface area contributed by atoms with Crippen LogP contribution >= 0.6 is 12.6 Å².